The Kier molecular flexibility index (Phi) is 9.36. The maximum Gasteiger partial charge on any atom is 0.323 e. The van der Waals surface area contributed by atoms with Crippen molar-refractivity contribution in [2.45, 2.75) is 56.2 Å². The Labute approximate surface area is 168 Å². The van der Waals surface area contributed by atoms with Crippen LogP contribution in [-0.4, -0.2) is 58.5 Å². The SMILES string of the molecule is CCOCCCN(C(=O)Nc1ncc(SCC(=O)O)s1)[C@H]1CC[C@H](C)CC1. The van der Waals surface area contributed by atoms with Gasteiger partial charge in [0.1, 0.15) is 0 Å². The quantitative estimate of drug-likeness (QED) is 0.440. The molecule has 1 aromatic heterocycles. The summed E-state index contributed by atoms with van der Waals surface area (Å²) in [6.45, 7) is 6.23. The Morgan fingerprint density at radius 3 is 2.81 bits per heavy atom. The highest BCUT2D eigenvalue weighted by molar-refractivity contribution is 8.01. The second-order valence-electron chi connectivity index (χ2n) is 6.75. The van der Waals surface area contributed by atoms with E-state index in [0.717, 1.165) is 42.2 Å². The molecule has 1 aromatic rings. The van der Waals surface area contributed by atoms with E-state index in [1.165, 1.54) is 23.1 Å². The molecule has 1 aliphatic rings. The number of aliphatic carboxylic acids is 1. The summed E-state index contributed by atoms with van der Waals surface area (Å²) in [7, 11) is 0. The lowest BCUT2D eigenvalue weighted by atomic mass is 9.86. The van der Waals surface area contributed by atoms with Crippen LogP contribution in [0.1, 0.15) is 46.0 Å². The first kappa shape index (κ1) is 22.0. The Bertz CT molecular complexity index is 603. The fraction of sp³-hybridized carbons (Fsp3) is 0.722. The number of nitrogens with one attached hydrogen (secondary N) is 1. The van der Waals surface area contributed by atoms with Gasteiger partial charge in [-0.25, -0.2) is 9.78 Å². The summed E-state index contributed by atoms with van der Waals surface area (Å²) in [4.78, 5) is 29.7. The highest BCUT2D eigenvalue weighted by Crippen LogP contribution is 2.30. The van der Waals surface area contributed by atoms with Gasteiger partial charge in [-0.05, 0) is 44.9 Å². The minimum Gasteiger partial charge on any atom is -0.481 e. The number of thiazole rings is 1. The van der Waals surface area contributed by atoms with Crippen molar-refractivity contribution in [2.75, 3.05) is 30.8 Å². The van der Waals surface area contributed by atoms with Crippen molar-refractivity contribution in [1.29, 1.82) is 0 Å². The molecule has 0 spiro atoms. The van der Waals surface area contributed by atoms with Gasteiger partial charge in [-0.3, -0.25) is 10.1 Å². The summed E-state index contributed by atoms with van der Waals surface area (Å²) < 4.78 is 6.20. The van der Waals surface area contributed by atoms with Gasteiger partial charge in [0.15, 0.2) is 5.13 Å². The topological polar surface area (TPSA) is 91.8 Å². The van der Waals surface area contributed by atoms with Gasteiger partial charge in [0.2, 0.25) is 0 Å². The standard InChI is InChI=1S/C18H29N3O4S2/c1-3-25-10-4-9-21(14-7-5-13(2)6-8-14)18(24)20-17-19-11-16(27-17)26-12-15(22)23/h11,13-14H,3-10,12H2,1-2H3,(H,22,23)(H,19,20,24)/t13-,14-. The zero-order valence-corrected chi connectivity index (χ0v) is 17.6. The minimum absolute atomic E-state index is 0.0145. The summed E-state index contributed by atoms with van der Waals surface area (Å²) in [5.41, 5.74) is 0. The predicted octanol–water partition coefficient (Wildman–Crippen LogP) is 4.16. The van der Waals surface area contributed by atoms with E-state index in [1.54, 1.807) is 6.20 Å². The fourth-order valence-electron chi connectivity index (χ4n) is 3.17. The fourth-order valence-corrected chi connectivity index (χ4v) is 4.75. The lowest BCUT2D eigenvalue weighted by Crippen LogP contribution is -2.45. The second kappa shape index (κ2) is 11.5. The summed E-state index contributed by atoms with van der Waals surface area (Å²) in [6, 6.07) is 0.124. The lowest BCUT2D eigenvalue weighted by Gasteiger charge is -2.36. The van der Waals surface area contributed by atoms with Gasteiger partial charge in [0, 0.05) is 25.8 Å². The van der Waals surface area contributed by atoms with Crippen molar-refractivity contribution < 1.29 is 19.4 Å². The van der Waals surface area contributed by atoms with E-state index < -0.39 is 5.97 Å². The number of carboxylic acids is 1. The smallest absolute Gasteiger partial charge is 0.323 e. The van der Waals surface area contributed by atoms with Gasteiger partial charge in [-0.15, -0.1) is 11.8 Å². The minimum atomic E-state index is -0.869. The normalized spacial score (nSPS) is 19.6. The molecule has 0 atom stereocenters. The van der Waals surface area contributed by atoms with Crippen LogP contribution in [0, 0.1) is 5.92 Å². The molecular formula is C18H29N3O4S2. The zero-order chi connectivity index (χ0) is 19.6. The van der Waals surface area contributed by atoms with Gasteiger partial charge < -0.3 is 14.7 Å². The molecule has 1 saturated carbocycles. The maximum atomic E-state index is 12.9. The van der Waals surface area contributed by atoms with Crippen LogP contribution in [0.15, 0.2) is 10.4 Å². The van der Waals surface area contributed by atoms with Crippen LogP contribution in [0.5, 0.6) is 0 Å². The van der Waals surface area contributed by atoms with Crippen LogP contribution in [0.4, 0.5) is 9.93 Å². The maximum absolute atomic E-state index is 12.9. The second-order valence-corrected chi connectivity index (χ2v) is 9.06. The van der Waals surface area contributed by atoms with E-state index in [2.05, 4.69) is 17.2 Å². The number of carbonyl (C=O) groups is 2. The molecule has 0 radical (unpaired) electrons. The lowest BCUT2D eigenvalue weighted by molar-refractivity contribution is -0.133. The molecule has 1 heterocycles. The monoisotopic (exact) mass is 415 g/mol. The van der Waals surface area contributed by atoms with Crippen molar-refractivity contribution >= 4 is 40.2 Å². The van der Waals surface area contributed by atoms with Gasteiger partial charge in [-0.2, -0.15) is 0 Å². The first-order valence-electron chi connectivity index (χ1n) is 9.45. The summed E-state index contributed by atoms with van der Waals surface area (Å²) >= 11 is 2.51. The van der Waals surface area contributed by atoms with E-state index in [9.17, 15) is 9.59 Å². The van der Waals surface area contributed by atoms with Crippen LogP contribution >= 0.6 is 23.1 Å². The molecule has 0 saturated heterocycles. The van der Waals surface area contributed by atoms with Crippen LogP contribution in [0.25, 0.3) is 0 Å². The van der Waals surface area contributed by atoms with Crippen molar-refractivity contribution in [3.05, 3.63) is 6.20 Å². The molecule has 1 aliphatic carbocycles. The molecule has 0 aromatic carbocycles. The molecule has 152 valence electrons. The van der Waals surface area contributed by atoms with Gasteiger partial charge in [0.05, 0.1) is 16.2 Å². The molecule has 1 fully saturated rings. The van der Waals surface area contributed by atoms with Gasteiger partial charge in [0.25, 0.3) is 0 Å². The Morgan fingerprint density at radius 1 is 1.41 bits per heavy atom. The highest BCUT2D eigenvalue weighted by atomic mass is 32.2. The molecule has 0 aliphatic heterocycles. The number of nitrogens with zero attached hydrogens (tertiary/aromatic N) is 2. The van der Waals surface area contributed by atoms with E-state index in [-0.39, 0.29) is 17.8 Å². The number of hydrogen-bond donors (Lipinski definition) is 2. The number of rotatable bonds is 10. The molecule has 27 heavy (non-hydrogen) atoms. The average Bonchev–Trinajstić information content (AvgIpc) is 3.08. The third-order valence-electron chi connectivity index (χ3n) is 4.62. The van der Waals surface area contributed by atoms with E-state index in [0.29, 0.717) is 24.9 Å². The first-order chi connectivity index (χ1) is 13.0. The molecule has 0 unspecified atom stereocenters. The van der Waals surface area contributed by atoms with Crippen molar-refractivity contribution in [3.8, 4) is 0 Å². The number of aromatic nitrogens is 1. The third-order valence-corrected chi connectivity index (χ3v) is 6.71. The van der Waals surface area contributed by atoms with Crippen LogP contribution in [0.2, 0.25) is 0 Å². The predicted molar refractivity (Wildman–Crippen MR) is 109 cm³/mol. The number of hydrogen-bond acceptors (Lipinski definition) is 6. The van der Waals surface area contributed by atoms with Gasteiger partial charge in [-0.1, -0.05) is 18.3 Å². The molecular weight excluding hydrogens is 386 g/mol. The summed E-state index contributed by atoms with van der Waals surface area (Å²) in [5.74, 6) is -0.160. The summed E-state index contributed by atoms with van der Waals surface area (Å²) in [6.07, 6.45) is 6.77. The average molecular weight is 416 g/mol. The van der Waals surface area contributed by atoms with Crippen molar-refractivity contribution in [1.82, 2.24) is 9.88 Å². The number of ether oxygens (including phenoxy) is 1. The Morgan fingerprint density at radius 2 is 2.15 bits per heavy atom. The Hall–Kier alpha value is -1.32. The van der Waals surface area contributed by atoms with E-state index in [1.807, 2.05) is 11.8 Å². The Balaban J connectivity index is 1.94. The molecule has 7 nitrogen and oxygen atoms in total. The molecule has 9 heteroatoms. The first-order valence-corrected chi connectivity index (χ1v) is 11.3. The van der Waals surface area contributed by atoms with Crippen LogP contribution < -0.4 is 5.32 Å². The number of thioether (sulfide) groups is 1. The van der Waals surface area contributed by atoms with E-state index >= 15 is 0 Å². The zero-order valence-electron chi connectivity index (χ0n) is 16.0. The molecule has 2 rings (SSSR count). The third kappa shape index (κ3) is 7.67. The largest absolute Gasteiger partial charge is 0.481 e. The van der Waals surface area contributed by atoms with Gasteiger partial charge >= 0.3 is 12.0 Å². The molecule has 0 bridgehead atoms. The number of carboxylic acid groups (broad SMARTS) is 1. The van der Waals surface area contributed by atoms with E-state index in [4.69, 9.17) is 9.84 Å². The molecule has 2 N–H and O–H groups in total. The summed E-state index contributed by atoms with van der Waals surface area (Å²) in [5, 5.41) is 12.2. The van der Waals surface area contributed by atoms with Crippen molar-refractivity contribution in [2.24, 2.45) is 5.92 Å². The number of anilines is 1. The number of amides is 2. The van der Waals surface area contributed by atoms with Crippen LogP contribution in [0.3, 0.4) is 0 Å². The number of urea groups is 1. The number of carbonyl (C=O) groups excluding carboxylic acids is 1. The highest BCUT2D eigenvalue weighted by Gasteiger charge is 2.27. The molecule has 2 amide bonds. The van der Waals surface area contributed by atoms with Crippen molar-refractivity contribution in [3.63, 3.8) is 0 Å². The van der Waals surface area contributed by atoms with Crippen LogP contribution in [-0.2, 0) is 9.53 Å².